The van der Waals surface area contributed by atoms with Crippen molar-refractivity contribution in [1.29, 1.82) is 0 Å². The second kappa shape index (κ2) is 4.68. The first-order chi connectivity index (χ1) is 9.27. The van der Waals surface area contributed by atoms with Crippen LogP contribution < -0.4 is 9.80 Å². The van der Waals surface area contributed by atoms with Crippen molar-refractivity contribution in [3.05, 3.63) is 48.5 Å². The molecule has 2 aromatic rings. The largest absolute Gasteiger partial charge is 0.329 e. The van der Waals surface area contributed by atoms with Gasteiger partial charge in [0.05, 0.1) is 23.8 Å². The maximum Gasteiger partial charge on any atom is 0.329 e. The molecule has 19 heavy (non-hydrogen) atoms. The SMILES string of the molecule is Cc1ccncc1N1CCN(c2cccnc2)C1=O. The molecule has 0 aromatic carbocycles. The summed E-state index contributed by atoms with van der Waals surface area (Å²) < 4.78 is 0. The summed E-state index contributed by atoms with van der Waals surface area (Å²) in [4.78, 5) is 24.1. The molecule has 0 N–H and O–H groups in total. The van der Waals surface area contributed by atoms with Crippen molar-refractivity contribution in [2.24, 2.45) is 0 Å². The van der Waals surface area contributed by atoms with Crippen LogP contribution in [0.4, 0.5) is 16.2 Å². The van der Waals surface area contributed by atoms with Crippen LogP contribution in [0.3, 0.4) is 0 Å². The number of urea groups is 1. The van der Waals surface area contributed by atoms with Gasteiger partial charge in [0.15, 0.2) is 0 Å². The zero-order valence-corrected chi connectivity index (χ0v) is 10.7. The molecular formula is C14H14N4O. The molecule has 0 atom stereocenters. The lowest BCUT2D eigenvalue weighted by Crippen LogP contribution is -2.32. The second-order valence-electron chi connectivity index (χ2n) is 4.46. The van der Waals surface area contributed by atoms with Gasteiger partial charge in [0, 0.05) is 25.5 Å². The molecule has 5 nitrogen and oxygen atoms in total. The van der Waals surface area contributed by atoms with E-state index >= 15 is 0 Å². The van der Waals surface area contributed by atoms with Crippen molar-refractivity contribution in [2.45, 2.75) is 6.92 Å². The number of anilines is 2. The molecule has 1 aliphatic heterocycles. The molecule has 5 heteroatoms. The van der Waals surface area contributed by atoms with Gasteiger partial charge in [-0.3, -0.25) is 19.8 Å². The number of amides is 2. The maximum absolute atomic E-state index is 12.5. The molecule has 1 saturated heterocycles. The van der Waals surface area contributed by atoms with Gasteiger partial charge in [-0.15, -0.1) is 0 Å². The number of pyridine rings is 2. The zero-order valence-electron chi connectivity index (χ0n) is 10.7. The van der Waals surface area contributed by atoms with Crippen molar-refractivity contribution in [2.75, 3.05) is 22.9 Å². The normalized spacial score (nSPS) is 15.1. The maximum atomic E-state index is 12.5. The van der Waals surface area contributed by atoms with E-state index in [0.717, 1.165) is 16.9 Å². The van der Waals surface area contributed by atoms with E-state index in [9.17, 15) is 4.79 Å². The third kappa shape index (κ3) is 2.03. The van der Waals surface area contributed by atoms with E-state index in [-0.39, 0.29) is 6.03 Å². The van der Waals surface area contributed by atoms with Crippen LogP contribution in [0.25, 0.3) is 0 Å². The van der Waals surface area contributed by atoms with Gasteiger partial charge in [-0.1, -0.05) is 0 Å². The average Bonchev–Trinajstić information content (AvgIpc) is 2.82. The highest BCUT2D eigenvalue weighted by Gasteiger charge is 2.31. The number of aromatic nitrogens is 2. The molecule has 1 aliphatic rings. The Balaban J connectivity index is 1.89. The molecule has 1 fully saturated rings. The first-order valence-electron chi connectivity index (χ1n) is 6.17. The monoisotopic (exact) mass is 254 g/mol. The number of nitrogens with zero attached hydrogens (tertiary/aromatic N) is 4. The van der Waals surface area contributed by atoms with Crippen LogP contribution in [0.2, 0.25) is 0 Å². The molecule has 2 amide bonds. The molecular weight excluding hydrogens is 240 g/mol. The summed E-state index contributed by atoms with van der Waals surface area (Å²) in [5.74, 6) is 0. The standard InChI is InChI=1S/C14H14N4O/c1-11-4-6-16-10-13(11)18-8-7-17(14(18)19)12-3-2-5-15-9-12/h2-6,9-10H,7-8H2,1H3. The van der Waals surface area contributed by atoms with Gasteiger partial charge in [-0.2, -0.15) is 0 Å². The van der Waals surface area contributed by atoms with Crippen LogP contribution >= 0.6 is 0 Å². The van der Waals surface area contributed by atoms with Gasteiger partial charge in [0.25, 0.3) is 0 Å². The van der Waals surface area contributed by atoms with Crippen LogP contribution in [0.1, 0.15) is 5.56 Å². The first kappa shape index (κ1) is 11.6. The molecule has 0 spiro atoms. The van der Waals surface area contributed by atoms with Gasteiger partial charge in [-0.05, 0) is 30.7 Å². The Morgan fingerprint density at radius 3 is 2.58 bits per heavy atom. The first-order valence-corrected chi connectivity index (χ1v) is 6.17. The molecule has 0 bridgehead atoms. The highest BCUT2D eigenvalue weighted by Crippen LogP contribution is 2.25. The number of aryl methyl sites for hydroxylation is 1. The summed E-state index contributed by atoms with van der Waals surface area (Å²) in [6, 6.07) is 5.62. The van der Waals surface area contributed by atoms with Crippen LogP contribution in [0.15, 0.2) is 43.0 Å². The molecule has 2 aromatic heterocycles. The Morgan fingerprint density at radius 1 is 1.05 bits per heavy atom. The van der Waals surface area contributed by atoms with Gasteiger partial charge in [0.1, 0.15) is 0 Å². The Kier molecular flexibility index (Phi) is 2.87. The summed E-state index contributed by atoms with van der Waals surface area (Å²) in [6.07, 6.45) is 6.88. The quantitative estimate of drug-likeness (QED) is 0.825. The van der Waals surface area contributed by atoms with Crippen LogP contribution in [-0.4, -0.2) is 29.1 Å². The van der Waals surface area contributed by atoms with E-state index in [1.165, 1.54) is 0 Å². The van der Waals surface area contributed by atoms with Gasteiger partial charge in [-0.25, -0.2) is 4.79 Å². The Hall–Kier alpha value is -2.43. The Bertz CT molecular complexity index is 599. The third-order valence-electron chi connectivity index (χ3n) is 3.27. The van der Waals surface area contributed by atoms with E-state index in [4.69, 9.17) is 0 Å². The van der Waals surface area contributed by atoms with Crippen LogP contribution in [0.5, 0.6) is 0 Å². The lowest BCUT2D eigenvalue weighted by molar-refractivity contribution is 0.256. The predicted octanol–water partition coefficient (Wildman–Crippen LogP) is 2.23. The third-order valence-corrected chi connectivity index (χ3v) is 3.27. The van der Waals surface area contributed by atoms with Crippen LogP contribution in [0, 0.1) is 6.92 Å². The molecule has 0 radical (unpaired) electrons. The van der Waals surface area contributed by atoms with E-state index in [1.54, 1.807) is 34.6 Å². The van der Waals surface area contributed by atoms with Crippen molar-refractivity contribution in [3.63, 3.8) is 0 Å². The molecule has 0 saturated carbocycles. The highest BCUT2D eigenvalue weighted by atomic mass is 16.2. The molecule has 0 aliphatic carbocycles. The Labute approximate surface area is 111 Å². The minimum absolute atomic E-state index is 0.0240. The molecule has 3 heterocycles. The number of rotatable bonds is 2. The topological polar surface area (TPSA) is 49.3 Å². The van der Waals surface area contributed by atoms with Crippen molar-refractivity contribution in [3.8, 4) is 0 Å². The van der Waals surface area contributed by atoms with Crippen molar-refractivity contribution >= 4 is 17.4 Å². The van der Waals surface area contributed by atoms with E-state index in [2.05, 4.69) is 9.97 Å². The molecule has 0 unspecified atom stereocenters. The summed E-state index contributed by atoms with van der Waals surface area (Å²) in [7, 11) is 0. The van der Waals surface area contributed by atoms with E-state index < -0.39 is 0 Å². The molecule has 3 rings (SSSR count). The lowest BCUT2D eigenvalue weighted by atomic mass is 10.2. The summed E-state index contributed by atoms with van der Waals surface area (Å²) in [5, 5.41) is 0. The van der Waals surface area contributed by atoms with Crippen molar-refractivity contribution < 1.29 is 4.79 Å². The fourth-order valence-corrected chi connectivity index (χ4v) is 2.25. The Morgan fingerprint density at radius 2 is 1.84 bits per heavy atom. The van der Waals surface area contributed by atoms with E-state index in [1.807, 2.05) is 25.1 Å². The number of hydrogen-bond acceptors (Lipinski definition) is 3. The molecule has 96 valence electrons. The number of carbonyl (C=O) groups excluding carboxylic acids is 1. The highest BCUT2D eigenvalue weighted by molar-refractivity contribution is 6.06. The minimum atomic E-state index is -0.0240. The summed E-state index contributed by atoms with van der Waals surface area (Å²) in [5.41, 5.74) is 2.76. The second-order valence-corrected chi connectivity index (χ2v) is 4.46. The van der Waals surface area contributed by atoms with Crippen LogP contribution in [-0.2, 0) is 0 Å². The number of carbonyl (C=O) groups is 1. The average molecular weight is 254 g/mol. The van der Waals surface area contributed by atoms with Gasteiger partial charge < -0.3 is 0 Å². The van der Waals surface area contributed by atoms with E-state index in [0.29, 0.717) is 13.1 Å². The summed E-state index contributed by atoms with van der Waals surface area (Å²) in [6.45, 7) is 3.32. The minimum Gasteiger partial charge on any atom is -0.291 e. The smallest absolute Gasteiger partial charge is 0.291 e. The number of hydrogen-bond donors (Lipinski definition) is 0. The fraction of sp³-hybridized carbons (Fsp3) is 0.214. The lowest BCUT2D eigenvalue weighted by Gasteiger charge is -2.19. The predicted molar refractivity (Wildman–Crippen MR) is 73.3 cm³/mol. The van der Waals surface area contributed by atoms with Crippen molar-refractivity contribution in [1.82, 2.24) is 9.97 Å². The zero-order chi connectivity index (χ0) is 13.2. The fourth-order valence-electron chi connectivity index (χ4n) is 2.25. The van der Waals surface area contributed by atoms with Gasteiger partial charge >= 0.3 is 6.03 Å². The van der Waals surface area contributed by atoms with Gasteiger partial charge in [0.2, 0.25) is 0 Å². The summed E-state index contributed by atoms with van der Waals surface area (Å²) >= 11 is 0.